The van der Waals surface area contributed by atoms with Gasteiger partial charge in [-0.2, -0.15) is 5.10 Å². The van der Waals surface area contributed by atoms with Gasteiger partial charge in [-0.1, -0.05) is 37.3 Å². The molecule has 18 heavy (non-hydrogen) atoms. The minimum Gasteiger partial charge on any atom is -0.506 e. The van der Waals surface area contributed by atoms with Gasteiger partial charge in [-0.05, 0) is 17.9 Å². The second kappa shape index (κ2) is 5.31. The molecule has 0 spiro atoms. The number of nitrogens with one attached hydrogen (secondary N) is 1. The fraction of sp³-hybridized carbons (Fsp3) is 0.143. The number of carbonyl (C=O) groups excluding carboxylic acids is 1. The van der Waals surface area contributed by atoms with Crippen LogP contribution in [0.15, 0.2) is 41.5 Å². The molecule has 0 fully saturated rings. The van der Waals surface area contributed by atoms with Crippen molar-refractivity contribution < 1.29 is 9.90 Å². The van der Waals surface area contributed by atoms with Crippen molar-refractivity contribution in [3.8, 4) is 5.75 Å². The highest BCUT2D eigenvalue weighted by molar-refractivity contribution is 6.03. The Morgan fingerprint density at radius 1 is 1.33 bits per heavy atom. The maximum Gasteiger partial charge on any atom is 0.275 e. The minimum atomic E-state index is -0.414. The number of phenolic OH excluding ortho intramolecular Hbond substituents is 1. The summed E-state index contributed by atoms with van der Waals surface area (Å²) in [5.74, 6) is -0.430. The average molecular weight is 242 g/mol. The molecule has 2 aromatic carbocycles. The number of hydrogen-bond donors (Lipinski definition) is 2. The zero-order valence-electron chi connectivity index (χ0n) is 10.1. The van der Waals surface area contributed by atoms with Crippen molar-refractivity contribution in [2.75, 3.05) is 0 Å². The standard InChI is InChI=1S/C14H14N2O2/c1-2-9-15-16-14(18)12-8-7-10-5-3-4-6-11(10)13(12)17/h3-9,17H,2H2,1H3,(H,16,18). The van der Waals surface area contributed by atoms with E-state index in [4.69, 9.17) is 0 Å². The maximum absolute atomic E-state index is 11.8. The van der Waals surface area contributed by atoms with Crippen molar-refractivity contribution in [1.29, 1.82) is 0 Å². The number of aromatic hydroxyl groups is 1. The van der Waals surface area contributed by atoms with Crippen LogP contribution in [0, 0.1) is 0 Å². The first-order chi connectivity index (χ1) is 8.74. The predicted octanol–water partition coefficient (Wildman–Crippen LogP) is 2.67. The monoisotopic (exact) mass is 242 g/mol. The zero-order chi connectivity index (χ0) is 13.0. The second-order valence-electron chi connectivity index (χ2n) is 3.84. The normalized spacial score (nSPS) is 10.9. The molecule has 0 saturated heterocycles. The Labute approximate surface area is 105 Å². The van der Waals surface area contributed by atoms with Gasteiger partial charge in [0.05, 0.1) is 5.56 Å². The minimum absolute atomic E-state index is 0.0164. The molecule has 0 aliphatic carbocycles. The summed E-state index contributed by atoms with van der Waals surface area (Å²) in [7, 11) is 0. The quantitative estimate of drug-likeness (QED) is 0.642. The van der Waals surface area contributed by atoms with Gasteiger partial charge in [0.15, 0.2) is 0 Å². The highest BCUT2D eigenvalue weighted by Crippen LogP contribution is 2.28. The molecular weight excluding hydrogens is 228 g/mol. The van der Waals surface area contributed by atoms with Crippen molar-refractivity contribution in [2.45, 2.75) is 13.3 Å². The van der Waals surface area contributed by atoms with Crippen LogP contribution < -0.4 is 5.43 Å². The number of nitrogens with zero attached hydrogens (tertiary/aromatic N) is 1. The Balaban J connectivity index is 2.37. The molecule has 4 nitrogen and oxygen atoms in total. The van der Waals surface area contributed by atoms with E-state index < -0.39 is 5.91 Å². The highest BCUT2D eigenvalue weighted by Gasteiger charge is 2.12. The summed E-state index contributed by atoms with van der Waals surface area (Å²) in [6, 6.07) is 10.7. The molecule has 2 N–H and O–H groups in total. The van der Waals surface area contributed by atoms with E-state index in [9.17, 15) is 9.90 Å². The van der Waals surface area contributed by atoms with Crippen LogP contribution in [0.3, 0.4) is 0 Å². The van der Waals surface area contributed by atoms with E-state index in [-0.39, 0.29) is 11.3 Å². The lowest BCUT2D eigenvalue weighted by molar-refractivity contribution is 0.0952. The summed E-state index contributed by atoms with van der Waals surface area (Å²) in [6.07, 6.45) is 2.33. The fourth-order valence-corrected chi connectivity index (χ4v) is 1.69. The highest BCUT2D eigenvalue weighted by atomic mass is 16.3. The number of benzene rings is 2. The molecule has 0 atom stereocenters. The lowest BCUT2D eigenvalue weighted by Gasteiger charge is -2.06. The van der Waals surface area contributed by atoms with E-state index >= 15 is 0 Å². The summed E-state index contributed by atoms with van der Waals surface area (Å²) in [5.41, 5.74) is 2.60. The van der Waals surface area contributed by atoms with Crippen molar-refractivity contribution in [1.82, 2.24) is 5.43 Å². The molecule has 2 rings (SSSR count). The molecule has 0 aromatic heterocycles. The number of hydrazone groups is 1. The third-order valence-corrected chi connectivity index (χ3v) is 2.59. The smallest absolute Gasteiger partial charge is 0.275 e. The maximum atomic E-state index is 11.8. The van der Waals surface area contributed by atoms with Gasteiger partial charge < -0.3 is 5.11 Å². The molecule has 0 unspecified atom stereocenters. The number of rotatable bonds is 3. The summed E-state index contributed by atoms with van der Waals surface area (Å²) < 4.78 is 0. The molecule has 92 valence electrons. The number of fused-ring (bicyclic) bond motifs is 1. The van der Waals surface area contributed by atoms with Crippen molar-refractivity contribution >= 4 is 22.9 Å². The molecule has 0 bridgehead atoms. The van der Waals surface area contributed by atoms with Crippen molar-refractivity contribution in [2.24, 2.45) is 5.10 Å². The van der Waals surface area contributed by atoms with E-state index in [1.165, 1.54) is 0 Å². The second-order valence-corrected chi connectivity index (χ2v) is 3.84. The summed E-state index contributed by atoms with van der Waals surface area (Å²) >= 11 is 0. The topological polar surface area (TPSA) is 61.7 Å². The lowest BCUT2D eigenvalue weighted by atomic mass is 10.1. The Morgan fingerprint density at radius 2 is 2.11 bits per heavy atom. The van der Waals surface area contributed by atoms with Gasteiger partial charge >= 0.3 is 0 Å². The molecular formula is C14H14N2O2. The van der Waals surface area contributed by atoms with Crippen LogP contribution >= 0.6 is 0 Å². The lowest BCUT2D eigenvalue weighted by Crippen LogP contribution is -2.17. The van der Waals surface area contributed by atoms with Crippen LogP contribution in [0.5, 0.6) is 5.75 Å². The van der Waals surface area contributed by atoms with Crippen LogP contribution in [-0.4, -0.2) is 17.2 Å². The van der Waals surface area contributed by atoms with Crippen LogP contribution in [0.1, 0.15) is 23.7 Å². The fourth-order valence-electron chi connectivity index (χ4n) is 1.69. The first kappa shape index (κ1) is 12.1. The van der Waals surface area contributed by atoms with Gasteiger partial charge in [0, 0.05) is 11.6 Å². The van der Waals surface area contributed by atoms with Gasteiger partial charge in [-0.3, -0.25) is 4.79 Å². The molecule has 0 aliphatic rings. The van der Waals surface area contributed by atoms with Crippen LogP contribution in [-0.2, 0) is 0 Å². The number of amides is 1. The van der Waals surface area contributed by atoms with E-state index in [0.717, 1.165) is 11.8 Å². The molecule has 0 aliphatic heterocycles. The summed E-state index contributed by atoms with van der Waals surface area (Å²) in [5, 5.41) is 15.4. The Hall–Kier alpha value is -2.36. The Kier molecular flexibility index (Phi) is 3.57. The summed E-state index contributed by atoms with van der Waals surface area (Å²) in [6.45, 7) is 1.92. The molecule has 2 aromatic rings. The number of carbonyl (C=O) groups is 1. The SMILES string of the molecule is CCC=NNC(=O)c1ccc2ccccc2c1O. The Bertz CT molecular complexity index is 606. The van der Waals surface area contributed by atoms with Crippen LogP contribution in [0.4, 0.5) is 0 Å². The van der Waals surface area contributed by atoms with Gasteiger partial charge in [-0.25, -0.2) is 5.43 Å². The van der Waals surface area contributed by atoms with Gasteiger partial charge in [0.25, 0.3) is 5.91 Å². The predicted molar refractivity (Wildman–Crippen MR) is 71.9 cm³/mol. The first-order valence-corrected chi connectivity index (χ1v) is 5.76. The third kappa shape index (κ3) is 2.32. The summed E-state index contributed by atoms with van der Waals surface area (Å²) in [4.78, 5) is 11.8. The first-order valence-electron chi connectivity index (χ1n) is 5.76. The van der Waals surface area contributed by atoms with Crippen molar-refractivity contribution in [3.63, 3.8) is 0 Å². The van der Waals surface area contributed by atoms with Gasteiger partial charge in [0.2, 0.25) is 0 Å². The molecule has 0 heterocycles. The number of hydrogen-bond acceptors (Lipinski definition) is 3. The molecule has 0 saturated carbocycles. The molecule has 4 heteroatoms. The Morgan fingerprint density at radius 3 is 2.89 bits per heavy atom. The van der Waals surface area contributed by atoms with E-state index in [0.29, 0.717) is 5.39 Å². The number of phenols is 1. The molecule has 0 radical (unpaired) electrons. The van der Waals surface area contributed by atoms with Crippen molar-refractivity contribution in [3.05, 3.63) is 42.0 Å². The van der Waals surface area contributed by atoms with Crippen LogP contribution in [0.2, 0.25) is 0 Å². The third-order valence-electron chi connectivity index (χ3n) is 2.59. The van der Waals surface area contributed by atoms with Gasteiger partial charge in [0.1, 0.15) is 5.75 Å². The van der Waals surface area contributed by atoms with E-state index in [1.54, 1.807) is 24.4 Å². The van der Waals surface area contributed by atoms with E-state index in [1.807, 2.05) is 25.1 Å². The van der Waals surface area contributed by atoms with Crippen LogP contribution in [0.25, 0.3) is 10.8 Å². The average Bonchev–Trinajstić information content (AvgIpc) is 2.39. The van der Waals surface area contributed by atoms with E-state index in [2.05, 4.69) is 10.5 Å². The van der Waals surface area contributed by atoms with Gasteiger partial charge in [-0.15, -0.1) is 0 Å². The largest absolute Gasteiger partial charge is 0.506 e. The molecule has 1 amide bonds. The zero-order valence-corrected chi connectivity index (χ0v) is 10.1.